The number of anilines is 1. The highest BCUT2D eigenvalue weighted by molar-refractivity contribution is 5.79. The number of hydrogen-bond acceptors (Lipinski definition) is 4. The average molecular weight is 454 g/mol. The molecule has 1 N–H and O–H groups in total. The van der Waals surface area contributed by atoms with Crippen molar-refractivity contribution in [2.75, 3.05) is 38.6 Å². The van der Waals surface area contributed by atoms with E-state index in [2.05, 4.69) is 29.3 Å². The smallest absolute Gasteiger partial charge is 0.226 e. The normalized spacial score (nSPS) is 20.0. The van der Waals surface area contributed by atoms with Gasteiger partial charge in [0.2, 0.25) is 5.91 Å². The summed E-state index contributed by atoms with van der Waals surface area (Å²) in [7, 11) is 1.71. The van der Waals surface area contributed by atoms with Gasteiger partial charge in [0.25, 0.3) is 0 Å². The third kappa shape index (κ3) is 6.47. The van der Waals surface area contributed by atoms with Crippen LogP contribution in [0.4, 0.5) is 10.1 Å². The molecule has 1 amide bonds. The highest BCUT2D eigenvalue weighted by atomic mass is 19.1. The van der Waals surface area contributed by atoms with E-state index >= 15 is 0 Å². The largest absolute Gasteiger partial charge is 0.496 e. The van der Waals surface area contributed by atoms with E-state index in [0.29, 0.717) is 19.5 Å². The van der Waals surface area contributed by atoms with Crippen molar-refractivity contribution in [2.45, 2.75) is 51.6 Å². The SMILES string of the molecule is COc1cc(CC(=O)N2CCC(Nc3cccc(F)c3)CC2)ccc1CN1CCC[C@@H](C)C1. The summed E-state index contributed by atoms with van der Waals surface area (Å²) in [6.45, 7) is 6.92. The summed E-state index contributed by atoms with van der Waals surface area (Å²) in [6, 6.07) is 13.0. The quantitative estimate of drug-likeness (QED) is 0.659. The summed E-state index contributed by atoms with van der Waals surface area (Å²) < 4.78 is 19.1. The lowest BCUT2D eigenvalue weighted by molar-refractivity contribution is -0.131. The lowest BCUT2D eigenvalue weighted by Crippen LogP contribution is -2.43. The van der Waals surface area contributed by atoms with Gasteiger partial charge in [0.05, 0.1) is 13.5 Å². The number of hydrogen-bond donors (Lipinski definition) is 1. The number of ether oxygens (including phenoxy) is 1. The van der Waals surface area contributed by atoms with Crippen molar-refractivity contribution >= 4 is 11.6 Å². The van der Waals surface area contributed by atoms with Crippen molar-refractivity contribution < 1.29 is 13.9 Å². The van der Waals surface area contributed by atoms with Crippen LogP contribution in [0, 0.1) is 11.7 Å². The van der Waals surface area contributed by atoms with E-state index in [0.717, 1.165) is 55.4 Å². The van der Waals surface area contributed by atoms with E-state index in [1.807, 2.05) is 17.0 Å². The van der Waals surface area contributed by atoms with Gasteiger partial charge in [-0.25, -0.2) is 4.39 Å². The highest BCUT2D eigenvalue weighted by Crippen LogP contribution is 2.26. The van der Waals surface area contributed by atoms with Crippen LogP contribution in [0.1, 0.15) is 43.7 Å². The van der Waals surface area contributed by atoms with Crippen LogP contribution >= 0.6 is 0 Å². The van der Waals surface area contributed by atoms with Crippen LogP contribution in [0.2, 0.25) is 0 Å². The Hall–Kier alpha value is -2.60. The van der Waals surface area contributed by atoms with Crippen molar-refractivity contribution in [1.82, 2.24) is 9.80 Å². The van der Waals surface area contributed by atoms with Gasteiger partial charge in [-0.3, -0.25) is 9.69 Å². The summed E-state index contributed by atoms with van der Waals surface area (Å²) in [6.07, 6.45) is 4.67. The van der Waals surface area contributed by atoms with Gasteiger partial charge in [-0.15, -0.1) is 0 Å². The first kappa shape index (κ1) is 23.6. The molecule has 0 aromatic heterocycles. The molecule has 1 atom stereocenters. The van der Waals surface area contributed by atoms with Gasteiger partial charge >= 0.3 is 0 Å². The van der Waals surface area contributed by atoms with Crippen LogP contribution in [0.15, 0.2) is 42.5 Å². The van der Waals surface area contributed by atoms with Gasteiger partial charge in [0.15, 0.2) is 0 Å². The standard InChI is InChI=1S/C27H36FN3O2/c1-20-5-4-12-30(18-20)19-22-9-8-21(15-26(22)33-2)16-27(32)31-13-10-24(11-14-31)29-25-7-3-6-23(28)17-25/h3,6-9,15,17,20,24,29H,4-5,10-14,16,18-19H2,1-2H3/t20-/m1/s1. The first-order chi connectivity index (χ1) is 16.0. The maximum atomic E-state index is 13.4. The van der Waals surface area contributed by atoms with Gasteiger partial charge < -0.3 is 15.0 Å². The number of piperidine rings is 2. The van der Waals surface area contributed by atoms with E-state index in [1.165, 1.54) is 30.5 Å². The molecule has 2 heterocycles. The summed E-state index contributed by atoms with van der Waals surface area (Å²) in [5, 5.41) is 3.39. The average Bonchev–Trinajstić information content (AvgIpc) is 2.80. The van der Waals surface area contributed by atoms with Gasteiger partial charge in [-0.1, -0.05) is 25.1 Å². The number of nitrogens with one attached hydrogen (secondary N) is 1. The fourth-order valence-electron chi connectivity index (χ4n) is 5.07. The van der Waals surface area contributed by atoms with Crippen molar-refractivity contribution in [3.05, 3.63) is 59.4 Å². The molecule has 5 nitrogen and oxygen atoms in total. The zero-order valence-corrected chi connectivity index (χ0v) is 19.9. The molecule has 0 aliphatic carbocycles. The zero-order valence-electron chi connectivity index (χ0n) is 19.9. The second-order valence-electron chi connectivity index (χ2n) is 9.62. The molecule has 2 aromatic carbocycles. The molecule has 2 aliphatic rings. The van der Waals surface area contributed by atoms with Crippen LogP contribution in [-0.4, -0.2) is 55.0 Å². The molecule has 2 aliphatic heterocycles. The Morgan fingerprint density at radius 1 is 1.12 bits per heavy atom. The minimum Gasteiger partial charge on any atom is -0.496 e. The van der Waals surface area contributed by atoms with Crippen LogP contribution in [0.3, 0.4) is 0 Å². The zero-order chi connectivity index (χ0) is 23.2. The molecule has 6 heteroatoms. The Morgan fingerprint density at radius 2 is 1.94 bits per heavy atom. The number of methoxy groups -OCH3 is 1. The molecule has 2 fully saturated rings. The van der Waals surface area contributed by atoms with E-state index in [9.17, 15) is 9.18 Å². The number of amides is 1. The van der Waals surface area contributed by atoms with Crippen molar-refractivity contribution in [2.24, 2.45) is 5.92 Å². The molecule has 33 heavy (non-hydrogen) atoms. The first-order valence-corrected chi connectivity index (χ1v) is 12.2. The molecule has 2 saturated heterocycles. The molecule has 0 spiro atoms. The Bertz CT molecular complexity index is 943. The highest BCUT2D eigenvalue weighted by Gasteiger charge is 2.23. The molecule has 4 rings (SSSR count). The van der Waals surface area contributed by atoms with Crippen LogP contribution in [-0.2, 0) is 17.8 Å². The second-order valence-corrected chi connectivity index (χ2v) is 9.62. The molecular formula is C27H36FN3O2. The fourth-order valence-corrected chi connectivity index (χ4v) is 5.07. The molecule has 178 valence electrons. The molecule has 0 unspecified atom stereocenters. The van der Waals surface area contributed by atoms with Gasteiger partial charge in [0.1, 0.15) is 11.6 Å². The molecule has 0 radical (unpaired) electrons. The number of likely N-dealkylation sites (tertiary alicyclic amines) is 2. The van der Waals surface area contributed by atoms with Crippen LogP contribution in [0.25, 0.3) is 0 Å². The number of carbonyl (C=O) groups excluding carboxylic acids is 1. The minimum atomic E-state index is -0.237. The van der Waals surface area contributed by atoms with E-state index in [-0.39, 0.29) is 17.8 Å². The van der Waals surface area contributed by atoms with E-state index in [4.69, 9.17) is 4.74 Å². The van der Waals surface area contributed by atoms with Crippen LogP contribution < -0.4 is 10.1 Å². The third-order valence-electron chi connectivity index (χ3n) is 6.88. The predicted octanol–water partition coefficient (Wildman–Crippen LogP) is 4.71. The lowest BCUT2D eigenvalue weighted by Gasteiger charge is -2.33. The maximum Gasteiger partial charge on any atom is 0.226 e. The van der Waals surface area contributed by atoms with E-state index < -0.39 is 0 Å². The minimum absolute atomic E-state index is 0.152. The summed E-state index contributed by atoms with van der Waals surface area (Å²) in [5.74, 6) is 1.53. The van der Waals surface area contributed by atoms with Crippen molar-refractivity contribution in [3.8, 4) is 5.75 Å². The van der Waals surface area contributed by atoms with Crippen molar-refractivity contribution in [3.63, 3.8) is 0 Å². The predicted molar refractivity (Wildman–Crippen MR) is 130 cm³/mol. The second kappa shape index (κ2) is 11.0. The Labute approximate surface area is 196 Å². The van der Waals surface area contributed by atoms with E-state index in [1.54, 1.807) is 13.2 Å². The maximum absolute atomic E-state index is 13.4. The number of halogens is 1. The summed E-state index contributed by atoms with van der Waals surface area (Å²) in [5.41, 5.74) is 2.98. The van der Waals surface area contributed by atoms with Gasteiger partial charge in [-0.05, 0) is 68.0 Å². The van der Waals surface area contributed by atoms with Gasteiger partial charge in [0, 0.05) is 43.5 Å². The first-order valence-electron chi connectivity index (χ1n) is 12.2. The molecule has 0 bridgehead atoms. The molecule has 2 aromatic rings. The summed E-state index contributed by atoms with van der Waals surface area (Å²) in [4.78, 5) is 17.4. The van der Waals surface area contributed by atoms with Crippen LogP contribution in [0.5, 0.6) is 5.75 Å². The van der Waals surface area contributed by atoms with Crippen molar-refractivity contribution in [1.29, 1.82) is 0 Å². The molecular weight excluding hydrogens is 417 g/mol. The van der Waals surface area contributed by atoms with Gasteiger partial charge in [-0.2, -0.15) is 0 Å². The Morgan fingerprint density at radius 3 is 2.67 bits per heavy atom. The lowest BCUT2D eigenvalue weighted by atomic mass is 9.99. The fraction of sp³-hybridized carbons (Fsp3) is 0.519. The number of rotatable bonds is 7. The molecule has 0 saturated carbocycles. The Kier molecular flexibility index (Phi) is 7.86. The third-order valence-corrected chi connectivity index (χ3v) is 6.88. The number of carbonyl (C=O) groups is 1. The Balaban J connectivity index is 1.29. The number of benzene rings is 2. The summed E-state index contributed by atoms with van der Waals surface area (Å²) >= 11 is 0. The monoisotopic (exact) mass is 453 g/mol. The topological polar surface area (TPSA) is 44.8 Å². The number of nitrogens with zero attached hydrogens (tertiary/aromatic N) is 2.